The third kappa shape index (κ3) is 3.80. The minimum Gasteiger partial charge on any atom is -0.502 e. The summed E-state index contributed by atoms with van der Waals surface area (Å²) in [7, 11) is 1.37. The van der Waals surface area contributed by atoms with Crippen molar-refractivity contribution in [1.82, 2.24) is 0 Å². The molecule has 2 aromatic carbocycles. The van der Waals surface area contributed by atoms with Gasteiger partial charge < -0.3 is 9.84 Å². The molecule has 24 heavy (non-hydrogen) atoms. The van der Waals surface area contributed by atoms with Gasteiger partial charge in [-0.15, -0.1) is 0 Å². The average Bonchev–Trinajstić information content (AvgIpc) is 2.54. The summed E-state index contributed by atoms with van der Waals surface area (Å²) in [6, 6.07) is 6.40. The fourth-order valence-corrected chi connectivity index (χ4v) is 2.28. The number of halogens is 2. The first kappa shape index (κ1) is 17.7. The van der Waals surface area contributed by atoms with E-state index in [4.69, 9.17) is 16.3 Å². The van der Waals surface area contributed by atoms with Gasteiger partial charge in [-0.2, -0.15) is 0 Å². The van der Waals surface area contributed by atoms with Crippen molar-refractivity contribution in [1.29, 1.82) is 0 Å². The molecule has 1 N–H and O–H groups in total. The Hall–Kier alpha value is -2.67. The number of nitro benzene ring substituents is 1. The van der Waals surface area contributed by atoms with Crippen LogP contribution in [0.2, 0.25) is 5.02 Å². The van der Waals surface area contributed by atoms with E-state index >= 15 is 0 Å². The lowest BCUT2D eigenvalue weighted by Gasteiger charge is -2.09. The zero-order valence-electron chi connectivity index (χ0n) is 12.9. The number of aliphatic imine (C=N–C) groups is 1. The molecule has 0 spiro atoms. The number of nitrogens with zero attached hydrogens (tertiary/aromatic N) is 2. The molecule has 2 rings (SSSR count). The molecule has 2 aromatic rings. The quantitative estimate of drug-likeness (QED) is 0.494. The Morgan fingerprint density at radius 1 is 1.42 bits per heavy atom. The molecule has 8 heteroatoms. The van der Waals surface area contributed by atoms with Gasteiger partial charge >= 0.3 is 5.69 Å². The largest absolute Gasteiger partial charge is 0.502 e. The smallest absolute Gasteiger partial charge is 0.312 e. The van der Waals surface area contributed by atoms with E-state index in [1.165, 1.54) is 31.5 Å². The van der Waals surface area contributed by atoms with Crippen molar-refractivity contribution in [2.45, 2.75) is 13.0 Å². The Morgan fingerprint density at radius 2 is 2.12 bits per heavy atom. The van der Waals surface area contributed by atoms with Crippen LogP contribution < -0.4 is 4.74 Å². The van der Waals surface area contributed by atoms with Crippen LogP contribution in [0.4, 0.5) is 10.1 Å². The SMILES string of the molecule is COc1ccc([C@@H](C)N=Cc2cc(Cl)cc([N+](=O)[O-])c2O)cc1F. The molecule has 0 saturated heterocycles. The number of rotatable bonds is 5. The molecule has 0 amide bonds. The molecule has 0 saturated carbocycles. The first-order chi connectivity index (χ1) is 11.3. The average molecular weight is 353 g/mol. The van der Waals surface area contributed by atoms with E-state index in [0.29, 0.717) is 5.56 Å². The van der Waals surface area contributed by atoms with Crippen LogP contribution in [0.5, 0.6) is 11.5 Å². The van der Waals surface area contributed by atoms with Crippen LogP contribution in [0, 0.1) is 15.9 Å². The van der Waals surface area contributed by atoms with Gasteiger partial charge in [0.1, 0.15) is 0 Å². The van der Waals surface area contributed by atoms with Crippen LogP contribution >= 0.6 is 11.6 Å². The van der Waals surface area contributed by atoms with Gasteiger partial charge in [0.2, 0.25) is 5.75 Å². The standard InChI is InChI=1S/C16H14ClFN2O4/c1-9(10-3-4-15(24-2)13(18)6-10)19-8-11-5-12(17)7-14(16(11)21)20(22)23/h3-9,21H,1-2H3/t9-/m1/s1. The topological polar surface area (TPSA) is 85.0 Å². The zero-order chi connectivity index (χ0) is 17.9. The van der Waals surface area contributed by atoms with Crippen LogP contribution in [-0.2, 0) is 0 Å². The lowest BCUT2D eigenvalue weighted by Crippen LogP contribution is -1.96. The summed E-state index contributed by atoms with van der Waals surface area (Å²) in [5.41, 5.74) is 0.183. The van der Waals surface area contributed by atoms with E-state index < -0.39 is 28.2 Å². The normalized spacial score (nSPS) is 12.3. The Balaban J connectivity index is 2.30. The van der Waals surface area contributed by atoms with E-state index in [2.05, 4.69) is 4.99 Å². The minimum absolute atomic E-state index is 0.101. The Bertz CT molecular complexity index is 811. The molecule has 0 unspecified atom stereocenters. The second kappa shape index (κ2) is 7.27. The molecule has 126 valence electrons. The third-order valence-electron chi connectivity index (χ3n) is 3.38. The summed E-state index contributed by atoms with van der Waals surface area (Å²) in [6.45, 7) is 1.72. The number of nitro groups is 1. The Kier molecular flexibility index (Phi) is 5.35. The number of hydrogen-bond acceptors (Lipinski definition) is 5. The summed E-state index contributed by atoms with van der Waals surface area (Å²) in [6.07, 6.45) is 1.26. The molecule has 0 radical (unpaired) electrons. The monoisotopic (exact) mass is 352 g/mol. The first-order valence-electron chi connectivity index (χ1n) is 6.87. The van der Waals surface area contributed by atoms with Gasteiger partial charge in [0.05, 0.1) is 18.1 Å². The molecule has 6 nitrogen and oxygen atoms in total. The van der Waals surface area contributed by atoms with Crippen molar-refractivity contribution < 1.29 is 19.2 Å². The third-order valence-corrected chi connectivity index (χ3v) is 3.59. The number of ether oxygens (including phenoxy) is 1. The van der Waals surface area contributed by atoms with Crippen molar-refractivity contribution >= 4 is 23.5 Å². The molecule has 0 aliphatic carbocycles. The van der Waals surface area contributed by atoms with Crippen LogP contribution in [0.1, 0.15) is 24.1 Å². The second-order valence-corrected chi connectivity index (χ2v) is 5.40. The van der Waals surface area contributed by atoms with Crippen molar-refractivity contribution in [2.24, 2.45) is 4.99 Å². The molecule has 0 bridgehead atoms. The number of benzene rings is 2. The number of phenolic OH excluding ortho intramolecular Hbond substituents is 1. The van der Waals surface area contributed by atoms with Crippen LogP contribution in [0.15, 0.2) is 35.3 Å². The molecule has 1 atom stereocenters. The van der Waals surface area contributed by atoms with Gasteiger partial charge in [-0.1, -0.05) is 17.7 Å². The summed E-state index contributed by atoms with van der Waals surface area (Å²) < 4.78 is 18.6. The highest BCUT2D eigenvalue weighted by molar-refractivity contribution is 6.31. The fraction of sp³-hybridized carbons (Fsp3) is 0.188. The number of hydrogen-bond donors (Lipinski definition) is 1. The highest BCUT2D eigenvalue weighted by Gasteiger charge is 2.18. The Morgan fingerprint density at radius 3 is 2.71 bits per heavy atom. The molecular weight excluding hydrogens is 339 g/mol. The maximum absolute atomic E-state index is 13.7. The Labute approximate surface area is 142 Å². The van der Waals surface area contributed by atoms with E-state index in [0.717, 1.165) is 6.07 Å². The van der Waals surface area contributed by atoms with E-state index in [-0.39, 0.29) is 16.3 Å². The number of phenols is 1. The van der Waals surface area contributed by atoms with Gasteiger partial charge in [0.25, 0.3) is 0 Å². The highest BCUT2D eigenvalue weighted by Crippen LogP contribution is 2.32. The molecule has 0 fully saturated rings. The van der Waals surface area contributed by atoms with Crippen molar-refractivity contribution in [3.05, 3.63) is 62.4 Å². The molecule has 0 aliphatic rings. The number of aromatic hydroxyl groups is 1. The van der Waals surface area contributed by atoms with Crippen molar-refractivity contribution in [3.8, 4) is 11.5 Å². The molecular formula is C16H14ClFN2O4. The first-order valence-corrected chi connectivity index (χ1v) is 7.24. The highest BCUT2D eigenvalue weighted by atomic mass is 35.5. The van der Waals surface area contributed by atoms with Gasteiger partial charge in [-0.3, -0.25) is 15.1 Å². The lowest BCUT2D eigenvalue weighted by molar-refractivity contribution is -0.385. The van der Waals surface area contributed by atoms with Gasteiger partial charge in [-0.05, 0) is 30.7 Å². The predicted octanol–water partition coefficient (Wildman–Crippen LogP) is 4.28. The van der Waals surface area contributed by atoms with Crippen LogP contribution in [-0.4, -0.2) is 23.4 Å². The zero-order valence-corrected chi connectivity index (χ0v) is 13.6. The van der Waals surface area contributed by atoms with Crippen molar-refractivity contribution in [2.75, 3.05) is 7.11 Å². The summed E-state index contributed by atoms with van der Waals surface area (Å²) in [5, 5.41) is 20.9. The van der Waals surface area contributed by atoms with E-state index in [1.807, 2.05) is 0 Å². The van der Waals surface area contributed by atoms with Crippen molar-refractivity contribution in [3.63, 3.8) is 0 Å². The fourth-order valence-electron chi connectivity index (χ4n) is 2.06. The predicted molar refractivity (Wildman–Crippen MR) is 88.7 cm³/mol. The van der Waals surface area contributed by atoms with Crippen LogP contribution in [0.3, 0.4) is 0 Å². The van der Waals surface area contributed by atoms with Gasteiger partial charge in [0, 0.05) is 22.9 Å². The second-order valence-electron chi connectivity index (χ2n) is 4.97. The summed E-state index contributed by atoms with van der Waals surface area (Å²) >= 11 is 5.81. The van der Waals surface area contributed by atoms with Gasteiger partial charge in [-0.25, -0.2) is 4.39 Å². The molecule has 0 aromatic heterocycles. The summed E-state index contributed by atoms with van der Waals surface area (Å²) in [4.78, 5) is 14.3. The van der Waals surface area contributed by atoms with E-state index in [1.54, 1.807) is 13.0 Å². The number of methoxy groups -OCH3 is 1. The lowest BCUT2D eigenvalue weighted by atomic mass is 10.1. The van der Waals surface area contributed by atoms with Gasteiger partial charge in [0.15, 0.2) is 11.6 Å². The molecule has 0 aliphatic heterocycles. The summed E-state index contributed by atoms with van der Waals surface area (Å²) in [5.74, 6) is -0.919. The van der Waals surface area contributed by atoms with Crippen LogP contribution in [0.25, 0.3) is 0 Å². The maximum Gasteiger partial charge on any atom is 0.312 e. The molecule has 0 heterocycles. The minimum atomic E-state index is -0.735. The maximum atomic E-state index is 13.7. The van der Waals surface area contributed by atoms with E-state index in [9.17, 15) is 19.6 Å².